The summed E-state index contributed by atoms with van der Waals surface area (Å²) in [6, 6.07) is 0.0427. The maximum Gasteiger partial charge on any atom is 0.326 e. The minimum absolute atomic E-state index is 0.193. The fraction of sp³-hybridized carbons (Fsp3) is 0.455. The molecule has 0 saturated carbocycles. The van der Waals surface area contributed by atoms with E-state index >= 15 is 0 Å². The minimum Gasteiger partial charge on any atom is -0.480 e. The zero-order valence-electron chi connectivity index (χ0n) is 10.0. The zero-order valence-corrected chi connectivity index (χ0v) is 10.0. The Hall–Kier alpha value is -2.38. The number of H-pyrrole nitrogens is 2. The van der Waals surface area contributed by atoms with Crippen LogP contribution in [0.25, 0.3) is 0 Å². The highest BCUT2D eigenvalue weighted by molar-refractivity contribution is 5.95. The average molecular weight is 267 g/mol. The van der Waals surface area contributed by atoms with E-state index in [1.54, 1.807) is 0 Å². The molecule has 0 radical (unpaired) electrons. The summed E-state index contributed by atoms with van der Waals surface area (Å²) in [5, 5.41) is 9.08. The maximum absolute atomic E-state index is 12.2. The van der Waals surface area contributed by atoms with E-state index in [0.717, 1.165) is 12.5 Å². The van der Waals surface area contributed by atoms with Gasteiger partial charge in [-0.05, 0) is 19.3 Å². The quantitative estimate of drug-likeness (QED) is 0.643. The first-order valence-corrected chi connectivity index (χ1v) is 5.86. The van der Waals surface area contributed by atoms with E-state index in [9.17, 15) is 19.2 Å². The third-order valence-corrected chi connectivity index (χ3v) is 3.04. The zero-order chi connectivity index (χ0) is 14.0. The number of carboxylic acid groups (broad SMARTS) is 1. The second kappa shape index (κ2) is 5.09. The molecule has 0 bridgehead atoms. The van der Waals surface area contributed by atoms with E-state index in [-0.39, 0.29) is 5.69 Å². The monoisotopic (exact) mass is 267 g/mol. The summed E-state index contributed by atoms with van der Waals surface area (Å²) < 4.78 is 0. The van der Waals surface area contributed by atoms with Crippen molar-refractivity contribution in [1.82, 2.24) is 14.9 Å². The maximum atomic E-state index is 12.2. The fourth-order valence-electron chi connectivity index (χ4n) is 2.17. The molecule has 8 heteroatoms. The van der Waals surface area contributed by atoms with Crippen LogP contribution in [0.5, 0.6) is 0 Å². The molecule has 1 amide bonds. The number of hydrogen-bond donors (Lipinski definition) is 3. The molecule has 1 atom stereocenters. The first kappa shape index (κ1) is 13.1. The highest BCUT2D eigenvalue weighted by atomic mass is 16.4. The number of aromatic amines is 2. The SMILES string of the molecule is O=C(O)[C@@H]1CCCCN1C(=O)c1cc(=O)[nH]c(=O)[nH]1. The van der Waals surface area contributed by atoms with E-state index < -0.39 is 29.2 Å². The number of hydrogen-bond acceptors (Lipinski definition) is 4. The molecule has 19 heavy (non-hydrogen) atoms. The Morgan fingerprint density at radius 1 is 1.26 bits per heavy atom. The van der Waals surface area contributed by atoms with Gasteiger partial charge in [-0.25, -0.2) is 9.59 Å². The highest BCUT2D eigenvalue weighted by Crippen LogP contribution is 2.18. The van der Waals surface area contributed by atoms with Gasteiger partial charge in [0.1, 0.15) is 11.7 Å². The Morgan fingerprint density at radius 3 is 2.63 bits per heavy atom. The van der Waals surface area contributed by atoms with Crippen LogP contribution in [-0.4, -0.2) is 44.4 Å². The molecule has 2 rings (SSSR count). The number of rotatable bonds is 2. The largest absolute Gasteiger partial charge is 0.480 e. The molecule has 1 fully saturated rings. The lowest BCUT2D eigenvalue weighted by molar-refractivity contribution is -0.143. The Kier molecular flexibility index (Phi) is 3.50. The number of amides is 1. The Morgan fingerprint density at radius 2 is 2.00 bits per heavy atom. The molecule has 0 aromatic carbocycles. The molecule has 2 heterocycles. The molecule has 0 aliphatic carbocycles. The molecule has 1 aromatic rings. The second-order valence-electron chi connectivity index (χ2n) is 4.35. The molecule has 102 valence electrons. The lowest BCUT2D eigenvalue weighted by Gasteiger charge is -2.32. The van der Waals surface area contributed by atoms with Crippen LogP contribution in [0.15, 0.2) is 15.7 Å². The van der Waals surface area contributed by atoms with Crippen LogP contribution in [0.4, 0.5) is 0 Å². The lowest BCUT2D eigenvalue weighted by Crippen LogP contribution is -2.48. The van der Waals surface area contributed by atoms with Crippen molar-refractivity contribution in [2.75, 3.05) is 6.54 Å². The van der Waals surface area contributed by atoms with Crippen LogP contribution >= 0.6 is 0 Å². The number of carbonyl (C=O) groups is 2. The van der Waals surface area contributed by atoms with Gasteiger partial charge in [0.2, 0.25) is 0 Å². The number of aromatic nitrogens is 2. The van der Waals surface area contributed by atoms with Crippen molar-refractivity contribution in [2.45, 2.75) is 25.3 Å². The molecule has 0 unspecified atom stereocenters. The number of carboxylic acids is 1. The van der Waals surface area contributed by atoms with Crippen molar-refractivity contribution >= 4 is 11.9 Å². The van der Waals surface area contributed by atoms with Gasteiger partial charge >= 0.3 is 11.7 Å². The van der Waals surface area contributed by atoms with Crippen LogP contribution < -0.4 is 11.2 Å². The predicted molar refractivity (Wildman–Crippen MR) is 64.0 cm³/mol. The third-order valence-electron chi connectivity index (χ3n) is 3.04. The van der Waals surface area contributed by atoms with Crippen molar-refractivity contribution in [3.05, 3.63) is 32.6 Å². The fourth-order valence-corrected chi connectivity index (χ4v) is 2.17. The molecule has 1 aliphatic rings. The molecule has 1 aliphatic heterocycles. The van der Waals surface area contributed by atoms with Gasteiger partial charge in [-0.15, -0.1) is 0 Å². The van der Waals surface area contributed by atoms with Gasteiger partial charge in [-0.3, -0.25) is 14.6 Å². The Labute approximate surface area is 107 Å². The van der Waals surface area contributed by atoms with E-state index in [1.165, 1.54) is 4.90 Å². The first-order valence-electron chi connectivity index (χ1n) is 5.86. The summed E-state index contributed by atoms with van der Waals surface area (Å²) >= 11 is 0. The number of piperidine rings is 1. The van der Waals surface area contributed by atoms with Crippen molar-refractivity contribution in [3.63, 3.8) is 0 Å². The van der Waals surface area contributed by atoms with Crippen LogP contribution in [0.2, 0.25) is 0 Å². The molecule has 3 N–H and O–H groups in total. The minimum atomic E-state index is -1.08. The third kappa shape index (κ3) is 2.72. The summed E-state index contributed by atoms with van der Waals surface area (Å²) in [6.45, 7) is 0.296. The van der Waals surface area contributed by atoms with Crippen molar-refractivity contribution in [2.24, 2.45) is 0 Å². The molecule has 8 nitrogen and oxygen atoms in total. The first-order chi connectivity index (χ1) is 8.99. The van der Waals surface area contributed by atoms with Gasteiger partial charge in [0.05, 0.1) is 0 Å². The van der Waals surface area contributed by atoms with Crippen molar-refractivity contribution < 1.29 is 14.7 Å². The van der Waals surface area contributed by atoms with Gasteiger partial charge in [0, 0.05) is 12.6 Å². The van der Waals surface area contributed by atoms with Gasteiger partial charge < -0.3 is 15.0 Å². The van der Waals surface area contributed by atoms with Gasteiger partial charge in [-0.2, -0.15) is 0 Å². The van der Waals surface area contributed by atoms with Crippen LogP contribution in [-0.2, 0) is 4.79 Å². The van der Waals surface area contributed by atoms with Crippen LogP contribution in [0.1, 0.15) is 29.8 Å². The van der Waals surface area contributed by atoms with Gasteiger partial charge in [-0.1, -0.05) is 0 Å². The Balaban J connectivity index is 2.33. The summed E-state index contributed by atoms with van der Waals surface area (Å²) in [5.41, 5.74) is -1.68. The average Bonchev–Trinajstić information content (AvgIpc) is 2.36. The van der Waals surface area contributed by atoms with Gasteiger partial charge in [0.15, 0.2) is 0 Å². The van der Waals surface area contributed by atoms with Crippen LogP contribution in [0, 0.1) is 0 Å². The molecule has 1 saturated heterocycles. The van der Waals surface area contributed by atoms with Crippen molar-refractivity contribution in [3.8, 4) is 0 Å². The van der Waals surface area contributed by atoms with Crippen LogP contribution in [0.3, 0.4) is 0 Å². The highest BCUT2D eigenvalue weighted by Gasteiger charge is 2.32. The molecular weight excluding hydrogens is 254 g/mol. The molecule has 1 aromatic heterocycles. The summed E-state index contributed by atoms with van der Waals surface area (Å²) in [4.78, 5) is 50.9. The number of nitrogens with one attached hydrogen (secondary N) is 2. The topological polar surface area (TPSA) is 123 Å². The summed E-state index contributed by atoms with van der Waals surface area (Å²) in [7, 11) is 0. The lowest BCUT2D eigenvalue weighted by atomic mass is 10.0. The normalized spacial score (nSPS) is 19.2. The smallest absolute Gasteiger partial charge is 0.326 e. The van der Waals surface area contributed by atoms with E-state index in [4.69, 9.17) is 5.11 Å². The second-order valence-corrected chi connectivity index (χ2v) is 4.35. The molecule has 0 spiro atoms. The standard InChI is InChI=1S/C11H13N3O5/c15-8-5-6(12-11(19)13-8)9(16)14-4-2-1-3-7(14)10(17)18/h5,7H,1-4H2,(H,17,18)(H2,12,13,15,19)/t7-/m0/s1. The number of aliphatic carboxylic acids is 1. The summed E-state index contributed by atoms with van der Waals surface area (Å²) in [5.74, 6) is -1.73. The molecular formula is C11H13N3O5. The number of carbonyl (C=O) groups excluding carboxylic acids is 1. The Bertz CT molecular complexity index is 589. The number of nitrogens with zero attached hydrogens (tertiary/aromatic N) is 1. The van der Waals surface area contributed by atoms with E-state index in [1.807, 2.05) is 4.98 Å². The number of likely N-dealkylation sites (tertiary alicyclic amines) is 1. The predicted octanol–water partition coefficient (Wildman–Crippen LogP) is -0.857. The van der Waals surface area contributed by atoms with E-state index in [2.05, 4.69) is 4.98 Å². The summed E-state index contributed by atoms with van der Waals surface area (Å²) in [6.07, 6.45) is 1.80. The van der Waals surface area contributed by atoms with Gasteiger partial charge in [0.25, 0.3) is 11.5 Å². The van der Waals surface area contributed by atoms with E-state index in [0.29, 0.717) is 19.4 Å². The van der Waals surface area contributed by atoms with Crippen molar-refractivity contribution in [1.29, 1.82) is 0 Å².